The van der Waals surface area contributed by atoms with Gasteiger partial charge in [-0.05, 0) is 35.7 Å². The summed E-state index contributed by atoms with van der Waals surface area (Å²) in [6.45, 7) is 0. The van der Waals surface area contributed by atoms with Crippen LogP contribution in [-0.2, 0) is 0 Å². The highest BCUT2D eigenvalue weighted by Crippen LogP contribution is 2.30. The Kier molecular flexibility index (Phi) is 2.42. The number of nitrogens with two attached hydrogens (primary N) is 1. The van der Waals surface area contributed by atoms with Gasteiger partial charge >= 0.3 is 0 Å². The molecule has 0 aliphatic heterocycles. The van der Waals surface area contributed by atoms with Crippen molar-refractivity contribution in [2.24, 2.45) is 0 Å². The van der Waals surface area contributed by atoms with E-state index >= 15 is 0 Å². The molecule has 0 aliphatic rings. The zero-order valence-corrected chi connectivity index (χ0v) is 9.87. The van der Waals surface area contributed by atoms with Gasteiger partial charge in [-0.2, -0.15) is 11.3 Å². The highest BCUT2D eigenvalue weighted by atomic mass is 32.1. The Morgan fingerprint density at radius 1 is 1.18 bits per heavy atom. The number of rotatable bonds is 2. The lowest BCUT2D eigenvalue weighted by atomic mass is 10.1. The normalized spacial score (nSPS) is 10.6. The summed E-state index contributed by atoms with van der Waals surface area (Å²) in [7, 11) is 0. The van der Waals surface area contributed by atoms with Crippen molar-refractivity contribution >= 4 is 39.3 Å². The zero-order valence-electron chi connectivity index (χ0n) is 9.05. The van der Waals surface area contributed by atoms with Crippen molar-refractivity contribution in [1.29, 1.82) is 0 Å². The summed E-state index contributed by atoms with van der Waals surface area (Å²) in [5.74, 6) is 0. The van der Waals surface area contributed by atoms with Crippen molar-refractivity contribution in [1.82, 2.24) is 4.98 Å². The van der Waals surface area contributed by atoms with Crippen LogP contribution in [0.5, 0.6) is 0 Å². The second-order valence-corrected chi connectivity index (χ2v) is 4.51. The molecule has 0 saturated carbocycles. The highest BCUT2D eigenvalue weighted by molar-refractivity contribution is 7.08. The molecule has 0 amide bonds. The zero-order chi connectivity index (χ0) is 11.7. The fraction of sp³-hybridized carbons (Fsp3) is 0. The van der Waals surface area contributed by atoms with E-state index in [-0.39, 0.29) is 0 Å². The topological polar surface area (TPSA) is 50.9 Å². The lowest BCUT2D eigenvalue weighted by Gasteiger charge is -2.09. The van der Waals surface area contributed by atoms with Crippen LogP contribution in [0.2, 0.25) is 0 Å². The lowest BCUT2D eigenvalue weighted by molar-refractivity contribution is 1.41. The van der Waals surface area contributed by atoms with Gasteiger partial charge in [0.15, 0.2) is 0 Å². The minimum atomic E-state index is 0.738. The van der Waals surface area contributed by atoms with Gasteiger partial charge in [0.2, 0.25) is 0 Å². The molecule has 1 aromatic carbocycles. The van der Waals surface area contributed by atoms with E-state index in [1.807, 2.05) is 41.1 Å². The number of benzene rings is 1. The summed E-state index contributed by atoms with van der Waals surface area (Å²) in [6.07, 6.45) is 1.77. The Balaban J connectivity index is 2.09. The quantitative estimate of drug-likeness (QED) is 0.674. The molecule has 0 spiro atoms. The SMILES string of the molecule is Nc1c(Nc2ccsc2)ccc2ncccc12. The van der Waals surface area contributed by atoms with Crippen LogP contribution in [0.1, 0.15) is 0 Å². The maximum absolute atomic E-state index is 6.14. The van der Waals surface area contributed by atoms with Gasteiger partial charge in [0.1, 0.15) is 0 Å². The van der Waals surface area contributed by atoms with Crippen LogP contribution in [0, 0.1) is 0 Å². The third-order valence-corrected chi connectivity index (χ3v) is 3.31. The van der Waals surface area contributed by atoms with Gasteiger partial charge in [-0.25, -0.2) is 0 Å². The van der Waals surface area contributed by atoms with Crippen LogP contribution in [-0.4, -0.2) is 4.98 Å². The molecule has 0 fully saturated rings. The molecule has 2 aromatic heterocycles. The number of anilines is 3. The average Bonchev–Trinajstić information content (AvgIpc) is 2.86. The molecular formula is C13H11N3S. The minimum absolute atomic E-state index is 0.738. The fourth-order valence-corrected chi connectivity index (χ4v) is 2.36. The summed E-state index contributed by atoms with van der Waals surface area (Å²) in [5, 5.41) is 8.36. The van der Waals surface area contributed by atoms with Crippen LogP contribution in [0.15, 0.2) is 47.3 Å². The van der Waals surface area contributed by atoms with Crippen molar-refractivity contribution < 1.29 is 0 Å². The average molecular weight is 241 g/mol. The van der Waals surface area contributed by atoms with Gasteiger partial charge in [0, 0.05) is 22.7 Å². The van der Waals surface area contributed by atoms with Crippen LogP contribution in [0.3, 0.4) is 0 Å². The smallest absolute Gasteiger partial charge is 0.0724 e. The Labute approximate surface area is 103 Å². The number of thiophene rings is 1. The second kappa shape index (κ2) is 4.07. The molecule has 3 aromatic rings. The molecule has 0 aliphatic carbocycles. The third kappa shape index (κ3) is 1.83. The molecule has 3 rings (SSSR count). The largest absolute Gasteiger partial charge is 0.396 e. The number of nitrogens with zero attached hydrogens (tertiary/aromatic N) is 1. The van der Waals surface area contributed by atoms with E-state index < -0.39 is 0 Å². The third-order valence-electron chi connectivity index (χ3n) is 2.63. The Morgan fingerprint density at radius 2 is 2.12 bits per heavy atom. The van der Waals surface area contributed by atoms with E-state index in [0.29, 0.717) is 0 Å². The van der Waals surface area contributed by atoms with Gasteiger partial charge in [0.05, 0.1) is 16.9 Å². The summed E-state index contributed by atoms with van der Waals surface area (Å²) in [6, 6.07) is 9.84. The number of nitrogen functional groups attached to an aromatic ring is 1. The van der Waals surface area contributed by atoms with Gasteiger partial charge in [-0.3, -0.25) is 4.98 Å². The maximum Gasteiger partial charge on any atom is 0.0724 e. The Hall–Kier alpha value is -2.07. The maximum atomic E-state index is 6.14. The molecule has 2 heterocycles. The molecule has 0 radical (unpaired) electrons. The lowest BCUT2D eigenvalue weighted by Crippen LogP contribution is -1.96. The van der Waals surface area contributed by atoms with Crippen LogP contribution in [0.25, 0.3) is 10.9 Å². The van der Waals surface area contributed by atoms with Crippen LogP contribution < -0.4 is 11.1 Å². The molecule has 0 bridgehead atoms. The van der Waals surface area contributed by atoms with E-state index in [4.69, 9.17) is 5.73 Å². The number of hydrogen-bond acceptors (Lipinski definition) is 4. The van der Waals surface area contributed by atoms with Crippen molar-refractivity contribution in [2.75, 3.05) is 11.1 Å². The summed E-state index contributed by atoms with van der Waals surface area (Å²) >= 11 is 1.65. The fourth-order valence-electron chi connectivity index (χ4n) is 1.78. The van der Waals surface area contributed by atoms with E-state index in [0.717, 1.165) is 28.0 Å². The van der Waals surface area contributed by atoms with Crippen molar-refractivity contribution in [3.8, 4) is 0 Å². The van der Waals surface area contributed by atoms with E-state index in [1.165, 1.54) is 0 Å². The van der Waals surface area contributed by atoms with E-state index in [2.05, 4.69) is 10.3 Å². The molecule has 0 saturated heterocycles. The molecule has 84 valence electrons. The van der Waals surface area contributed by atoms with Gasteiger partial charge in [-0.15, -0.1) is 0 Å². The van der Waals surface area contributed by atoms with E-state index in [1.54, 1.807) is 17.5 Å². The number of pyridine rings is 1. The molecular weight excluding hydrogens is 230 g/mol. The summed E-state index contributed by atoms with van der Waals surface area (Å²) in [4.78, 5) is 4.27. The summed E-state index contributed by atoms with van der Waals surface area (Å²) in [5.41, 5.74) is 9.77. The molecule has 3 nitrogen and oxygen atoms in total. The van der Waals surface area contributed by atoms with Crippen molar-refractivity contribution in [2.45, 2.75) is 0 Å². The first kappa shape index (κ1) is 10.1. The first-order chi connectivity index (χ1) is 8.34. The van der Waals surface area contributed by atoms with Crippen molar-refractivity contribution in [3.05, 3.63) is 47.3 Å². The molecule has 17 heavy (non-hydrogen) atoms. The second-order valence-electron chi connectivity index (χ2n) is 3.73. The van der Waals surface area contributed by atoms with Gasteiger partial charge in [-0.1, -0.05) is 0 Å². The van der Waals surface area contributed by atoms with E-state index in [9.17, 15) is 0 Å². The first-order valence-electron chi connectivity index (χ1n) is 5.27. The monoisotopic (exact) mass is 241 g/mol. The number of hydrogen-bond donors (Lipinski definition) is 2. The van der Waals surface area contributed by atoms with Crippen molar-refractivity contribution in [3.63, 3.8) is 0 Å². The standard InChI is InChI=1S/C13H11N3S/c14-13-10-2-1-6-15-11(10)3-4-12(13)16-9-5-7-17-8-9/h1-8,16H,14H2. The predicted octanol–water partition coefficient (Wildman–Crippen LogP) is 3.62. The first-order valence-corrected chi connectivity index (χ1v) is 6.21. The number of nitrogens with one attached hydrogen (secondary N) is 1. The number of fused-ring (bicyclic) bond motifs is 1. The molecule has 4 heteroatoms. The molecule has 0 atom stereocenters. The Morgan fingerprint density at radius 3 is 2.94 bits per heavy atom. The Bertz CT molecular complexity index is 647. The highest BCUT2D eigenvalue weighted by Gasteiger charge is 2.05. The predicted molar refractivity (Wildman–Crippen MR) is 73.8 cm³/mol. The van der Waals surface area contributed by atoms with Crippen LogP contribution >= 0.6 is 11.3 Å². The number of aromatic nitrogens is 1. The van der Waals surface area contributed by atoms with Gasteiger partial charge < -0.3 is 11.1 Å². The van der Waals surface area contributed by atoms with Gasteiger partial charge in [0.25, 0.3) is 0 Å². The molecule has 3 N–H and O–H groups in total. The summed E-state index contributed by atoms with van der Waals surface area (Å²) < 4.78 is 0. The molecule has 0 unspecified atom stereocenters. The van der Waals surface area contributed by atoms with Crippen LogP contribution in [0.4, 0.5) is 17.1 Å². The minimum Gasteiger partial charge on any atom is -0.396 e.